The molecule has 5 nitrogen and oxygen atoms in total. The third-order valence-electron chi connectivity index (χ3n) is 8.92. The van der Waals surface area contributed by atoms with Crippen molar-refractivity contribution in [2.24, 2.45) is 11.8 Å². The molecule has 3 aromatic carbocycles. The number of alkyl halides is 4. The summed E-state index contributed by atoms with van der Waals surface area (Å²) in [7, 11) is -4.28. The minimum absolute atomic E-state index is 0.00924. The van der Waals surface area contributed by atoms with Crippen molar-refractivity contribution in [1.82, 2.24) is 0 Å². The van der Waals surface area contributed by atoms with Crippen LogP contribution >= 0.6 is 0 Å². The van der Waals surface area contributed by atoms with Crippen LogP contribution in [0.3, 0.4) is 0 Å². The van der Waals surface area contributed by atoms with E-state index >= 15 is 0 Å². The topological polar surface area (TPSA) is 88.5 Å². The zero-order valence-corrected chi connectivity index (χ0v) is 23.2. The van der Waals surface area contributed by atoms with Gasteiger partial charge >= 0.3 is 12.1 Å². The fourth-order valence-corrected chi connectivity index (χ4v) is 9.15. The van der Waals surface area contributed by atoms with Gasteiger partial charge in [0.25, 0.3) is 0 Å². The number of carboxylic acid groups (broad SMARTS) is 1. The molecule has 0 amide bonds. The summed E-state index contributed by atoms with van der Waals surface area (Å²) in [5.41, 5.74) is -3.44. The van der Waals surface area contributed by atoms with Crippen LogP contribution < -0.4 is 0 Å². The van der Waals surface area contributed by atoms with Crippen LogP contribution in [0.5, 0.6) is 0 Å². The van der Waals surface area contributed by atoms with Crippen molar-refractivity contribution in [2.45, 2.75) is 60.5 Å². The van der Waals surface area contributed by atoms with Gasteiger partial charge in [-0.15, -0.1) is 0 Å². The fraction of sp³-hybridized carbons (Fsp3) is 0.355. The lowest BCUT2D eigenvalue weighted by Crippen LogP contribution is -2.45. The van der Waals surface area contributed by atoms with Gasteiger partial charge in [-0.05, 0) is 97.5 Å². The van der Waals surface area contributed by atoms with E-state index in [0.717, 1.165) is 36.4 Å². The van der Waals surface area contributed by atoms with Crippen molar-refractivity contribution in [1.29, 1.82) is 0 Å². The third-order valence-corrected chi connectivity index (χ3v) is 11.5. The van der Waals surface area contributed by atoms with Gasteiger partial charge in [0.1, 0.15) is 10.6 Å². The molecule has 2 aliphatic rings. The van der Waals surface area contributed by atoms with Crippen LogP contribution in [0.1, 0.15) is 70.0 Å². The molecular weight excluding hydrogens is 579 g/mol. The van der Waals surface area contributed by atoms with Gasteiger partial charge in [-0.3, -0.25) is 4.79 Å². The first-order chi connectivity index (χ1) is 19.6. The van der Waals surface area contributed by atoms with Gasteiger partial charge in [-0.25, -0.2) is 22.0 Å². The molecule has 222 valence electrons. The maximum Gasteiger partial charge on any atom is 0.426 e. The van der Waals surface area contributed by atoms with Crippen LogP contribution in [0.25, 0.3) is 0 Å². The van der Waals surface area contributed by atoms with Crippen LogP contribution in [0.15, 0.2) is 71.6 Å². The number of halogens is 5. The minimum atomic E-state index is -5.18. The van der Waals surface area contributed by atoms with Crippen molar-refractivity contribution in [3.8, 4) is 0 Å². The summed E-state index contributed by atoms with van der Waals surface area (Å²) >= 11 is 0. The van der Waals surface area contributed by atoms with Gasteiger partial charge in [0, 0.05) is 12.0 Å². The number of carbonyl (C=O) groups excluding carboxylic acids is 1. The molecule has 42 heavy (non-hydrogen) atoms. The van der Waals surface area contributed by atoms with Crippen molar-refractivity contribution in [3.05, 3.63) is 100 Å². The lowest BCUT2D eigenvalue weighted by Gasteiger charge is -2.43. The van der Waals surface area contributed by atoms with Gasteiger partial charge in [0.2, 0.25) is 5.67 Å². The van der Waals surface area contributed by atoms with Gasteiger partial charge in [-0.1, -0.05) is 30.3 Å². The van der Waals surface area contributed by atoms with Crippen LogP contribution in [0, 0.1) is 17.7 Å². The van der Waals surface area contributed by atoms with Gasteiger partial charge in [0.15, 0.2) is 15.6 Å². The second kappa shape index (κ2) is 10.3. The zero-order chi connectivity index (χ0) is 30.7. The summed E-state index contributed by atoms with van der Waals surface area (Å²) in [6.07, 6.45) is -4.43. The molecule has 2 aliphatic carbocycles. The number of aromatic carboxylic acids is 1. The van der Waals surface area contributed by atoms with Gasteiger partial charge in [0.05, 0.1) is 10.5 Å². The first-order valence-corrected chi connectivity index (χ1v) is 14.8. The lowest BCUT2D eigenvalue weighted by atomic mass is 9.71. The number of rotatable bonds is 7. The highest BCUT2D eigenvalue weighted by Gasteiger charge is 2.61. The highest BCUT2D eigenvalue weighted by molar-refractivity contribution is 7.92. The fourth-order valence-electron chi connectivity index (χ4n) is 6.65. The Labute approximate surface area is 239 Å². The number of carbonyl (C=O) groups is 2. The highest BCUT2D eigenvalue weighted by Crippen LogP contribution is 2.60. The first kappa shape index (κ1) is 29.9. The number of hydrogen-bond acceptors (Lipinski definition) is 4. The van der Waals surface area contributed by atoms with Crippen LogP contribution in [-0.2, 0) is 26.7 Å². The number of sulfone groups is 1. The van der Waals surface area contributed by atoms with Gasteiger partial charge < -0.3 is 5.11 Å². The predicted octanol–water partition coefficient (Wildman–Crippen LogP) is 7.19. The molecular formula is C31H27F5O5S. The molecule has 4 atom stereocenters. The van der Waals surface area contributed by atoms with Crippen LogP contribution in [0.2, 0.25) is 0 Å². The smallest absolute Gasteiger partial charge is 0.426 e. The molecule has 1 N–H and O–H groups in total. The van der Waals surface area contributed by atoms with E-state index in [1.165, 1.54) is 30.3 Å². The second-order valence-corrected chi connectivity index (χ2v) is 13.4. The van der Waals surface area contributed by atoms with E-state index in [0.29, 0.717) is 18.9 Å². The van der Waals surface area contributed by atoms with E-state index < -0.39 is 55.6 Å². The Morgan fingerprint density at radius 2 is 1.55 bits per heavy atom. The molecule has 1 unspecified atom stereocenters. The Balaban J connectivity index is 1.58. The minimum Gasteiger partial charge on any atom is -0.478 e. The average Bonchev–Trinajstić information content (AvgIpc) is 3.32. The van der Waals surface area contributed by atoms with E-state index in [-0.39, 0.29) is 53.1 Å². The summed E-state index contributed by atoms with van der Waals surface area (Å²) in [5.74, 6) is -3.11. The second-order valence-electron chi connectivity index (χ2n) is 11.2. The summed E-state index contributed by atoms with van der Waals surface area (Å²) in [4.78, 5) is 24.2. The van der Waals surface area contributed by atoms with Gasteiger partial charge in [-0.2, -0.15) is 13.2 Å². The maximum absolute atomic E-state index is 14.9. The number of aryl methyl sites for hydroxylation is 1. The molecule has 0 aromatic heterocycles. The molecule has 3 aromatic rings. The monoisotopic (exact) mass is 606 g/mol. The van der Waals surface area contributed by atoms with Crippen molar-refractivity contribution >= 4 is 21.6 Å². The Bertz CT molecular complexity index is 1650. The van der Waals surface area contributed by atoms with E-state index in [9.17, 15) is 40.0 Å². The molecule has 1 fully saturated rings. The van der Waals surface area contributed by atoms with E-state index in [2.05, 4.69) is 0 Å². The largest absolute Gasteiger partial charge is 0.478 e. The van der Waals surface area contributed by atoms with E-state index in [4.69, 9.17) is 5.11 Å². The number of fused-ring (bicyclic) bond motifs is 3. The number of hydrogen-bond donors (Lipinski definition) is 1. The molecule has 1 saturated carbocycles. The Hall–Kier alpha value is -3.60. The maximum atomic E-state index is 14.9. The standard InChI is InChI=1S/C31H27F5O5S/c1-29(33,31(34,35)36)22-7-13-26-20(16-22)6-12-25-21(17-27(37)18-2-4-19(5-3-18)28(38)39)14-15-30(25,26)42(40,41)24-10-8-23(32)9-11-24/h2-5,7-11,13,16,21,25H,6,12,14-15,17H2,1H3,(H,38,39)/t21-,25-,29?,30-/m0/s1. The number of benzene rings is 3. The average molecular weight is 607 g/mol. The molecule has 0 bridgehead atoms. The lowest BCUT2D eigenvalue weighted by molar-refractivity contribution is -0.228. The number of Topliss-reactive ketones (excluding diaryl/α,β-unsaturated/α-hetero) is 1. The molecule has 0 aliphatic heterocycles. The highest BCUT2D eigenvalue weighted by atomic mass is 32.2. The molecule has 0 saturated heterocycles. The number of carboxylic acids is 1. The molecule has 0 heterocycles. The van der Waals surface area contributed by atoms with Crippen LogP contribution in [0.4, 0.5) is 22.0 Å². The summed E-state index contributed by atoms with van der Waals surface area (Å²) in [6.45, 7) is 0.422. The Morgan fingerprint density at radius 3 is 2.14 bits per heavy atom. The normalized spacial score (nSPS) is 23.5. The summed E-state index contributed by atoms with van der Waals surface area (Å²) in [6, 6.07) is 13.0. The number of ketones is 1. The molecule has 11 heteroatoms. The SMILES string of the molecule is CC(F)(c1ccc2c(c1)CC[C@H]1[C@H](CC(=O)c3ccc(C(=O)O)cc3)CC[C@@]21S(=O)(=O)c1ccc(F)cc1)C(F)(F)F. The molecule has 0 spiro atoms. The summed E-state index contributed by atoms with van der Waals surface area (Å²) < 4.78 is 96.3. The molecule has 5 rings (SSSR count). The Kier molecular flexibility index (Phi) is 7.32. The Morgan fingerprint density at radius 1 is 0.929 bits per heavy atom. The zero-order valence-electron chi connectivity index (χ0n) is 22.4. The summed E-state index contributed by atoms with van der Waals surface area (Å²) in [5, 5.41) is 9.13. The predicted molar refractivity (Wildman–Crippen MR) is 143 cm³/mol. The van der Waals surface area contributed by atoms with Crippen molar-refractivity contribution in [3.63, 3.8) is 0 Å². The molecule has 0 radical (unpaired) electrons. The first-order valence-electron chi connectivity index (χ1n) is 13.4. The van der Waals surface area contributed by atoms with Crippen LogP contribution in [-0.4, -0.2) is 31.5 Å². The quantitative estimate of drug-likeness (QED) is 0.175. The van der Waals surface area contributed by atoms with E-state index in [1.54, 1.807) is 0 Å². The van der Waals surface area contributed by atoms with Crippen molar-refractivity contribution in [2.75, 3.05) is 0 Å². The third kappa shape index (κ3) is 4.71. The van der Waals surface area contributed by atoms with Crippen molar-refractivity contribution < 1.29 is 45.1 Å². The van der Waals surface area contributed by atoms with E-state index in [1.807, 2.05) is 0 Å².